The molecule has 16 heteroatoms. The zero-order valence-electron chi connectivity index (χ0n) is 27.3. The number of alkyl halides is 6. The van der Waals surface area contributed by atoms with E-state index in [1.807, 2.05) is 0 Å². The van der Waals surface area contributed by atoms with Crippen LogP contribution in [0.25, 0.3) is 0 Å². The van der Waals surface area contributed by atoms with Crippen molar-refractivity contribution in [3.05, 3.63) is 114 Å². The molecule has 2 aromatic heterocycles. The van der Waals surface area contributed by atoms with E-state index in [9.17, 15) is 40.7 Å². The average Bonchev–Trinajstić information content (AvgIpc) is 3.71. The third kappa shape index (κ3) is 8.34. The van der Waals surface area contributed by atoms with Crippen LogP contribution in [0.1, 0.15) is 94.5 Å². The van der Waals surface area contributed by atoms with Crippen molar-refractivity contribution in [2.24, 2.45) is 0 Å². The fraction of sp³-hybridized carbons (Fsp3) is 0.441. The molecular weight excluding hydrogens is 674 g/mol. The molecular formula is C34H36F6N4O6. The number of hydrogen-bond donors (Lipinski definition) is 3. The fourth-order valence-electron chi connectivity index (χ4n) is 6.74. The summed E-state index contributed by atoms with van der Waals surface area (Å²) in [7, 11) is 1.26. The summed E-state index contributed by atoms with van der Waals surface area (Å²) in [4.78, 5) is 36.2. The van der Waals surface area contributed by atoms with Crippen LogP contribution >= 0.6 is 0 Å². The van der Waals surface area contributed by atoms with E-state index in [4.69, 9.17) is 13.8 Å². The lowest BCUT2D eigenvalue weighted by molar-refractivity contribution is -0.138. The molecule has 10 nitrogen and oxygen atoms in total. The Bertz CT molecular complexity index is 1910. The van der Waals surface area contributed by atoms with Gasteiger partial charge in [0.05, 0.1) is 24.3 Å². The molecule has 0 spiro atoms. The van der Waals surface area contributed by atoms with Crippen LogP contribution in [0.4, 0.5) is 31.1 Å². The maximum atomic E-state index is 13.0. The summed E-state index contributed by atoms with van der Waals surface area (Å²) in [6.07, 6.45) is -6.88. The first-order chi connectivity index (χ1) is 23.5. The first kappa shape index (κ1) is 36.5. The monoisotopic (exact) mass is 710 g/mol. The van der Waals surface area contributed by atoms with Crippen LogP contribution in [0.5, 0.6) is 0 Å². The van der Waals surface area contributed by atoms with Gasteiger partial charge in [0.2, 0.25) is 0 Å². The lowest BCUT2D eigenvalue weighted by atomic mass is 9.85. The van der Waals surface area contributed by atoms with E-state index in [0.29, 0.717) is 49.4 Å². The number of halogens is 6. The number of amides is 1. The van der Waals surface area contributed by atoms with Gasteiger partial charge < -0.3 is 24.0 Å². The number of aromatic nitrogens is 2. The summed E-state index contributed by atoms with van der Waals surface area (Å²) in [5, 5.41) is 7.83. The summed E-state index contributed by atoms with van der Waals surface area (Å²) in [6, 6.07) is 10.3. The van der Waals surface area contributed by atoms with Crippen LogP contribution < -0.4 is 16.4 Å². The van der Waals surface area contributed by atoms with E-state index in [2.05, 4.69) is 15.6 Å². The molecule has 4 atom stereocenters. The van der Waals surface area contributed by atoms with Gasteiger partial charge in [0.25, 0.3) is 11.1 Å². The number of piperidine rings is 2. The SMILES string of the molecule is COC(=O)N1CC[C@@H](c2cc(=O)[nH]o2)C[C@H]1c1ccc(C(F)(F)F)c(C)c1.Cc1cc([C@@H]2C[C@H](c3cc(=O)[nH]o3)CCN2)ccc1C(F)(F)F. The number of hydrogen-bond acceptors (Lipinski definition) is 7. The minimum Gasteiger partial charge on any atom is -0.453 e. The molecule has 0 radical (unpaired) electrons. The molecule has 3 N–H and O–H groups in total. The van der Waals surface area contributed by atoms with E-state index in [1.165, 1.54) is 56.2 Å². The largest absolute Gasteiger partial charge is 0.453 e. The Balaban J connectivity index is 0.000000197. The Morgan fingerprint density at radius 3 is 1.78 bits per heavy atom. The Morgan fingerprint density at radius 2 is 1.30 bits per heavy atom. The number of rotatable bonds is 4. The lowest BCUT2D eigenvalue weighted by Crippen LogP contribution is -2.40. The summed E-state index contributed by atoms with van der Waals surface area (Å²) in [6.45, 7) is 3.90. The number of H-pyrrole nitrogens is 2. The second-order valence-electron chi connectivity index (χ2n) is 12.5. The van der Waals surface area contributed by atoms with Gasteiger partial charge in [0.1, 0.15) is 11.5 Å². The van der Waals surface area contributed by atoms with Gasteiger partial charge in [0, 0.05) is 36.6 Å². The minimum absolute atomic E-state index is 0.0602. The summed E-state index contributed by atoms with van der Waals surface area (Å²) in [5.41, 5.74) is -0.258. The van der Waals surface area contributed by atoms with Crippen LogP contribution in [0.3, 0.4) is 0 Å². The van der Waals surface area contributed by atoms with E-state index in [0.717, 1.165) is 24.1 Å². The fourth-order valence-corrected chi connectivity index (χ4v) is 6.74. The number of aromatic amines is 2. The van der Waals surface area contributed by atoms with E-state index >= 15 is 0 Å². The number of carbonyl (C=O) groups is 1. The van der Waals surface area contributed by atoms with E-state index in [1.54, 1.807) is 6.07 Å². The highest BCUT2D eigenvalue weighted by molar-refractivity contribution is 5.68. The first-order valence-electron chi connectivity index (χ1n) is 15.9. The molecule has 1 amide bonds. The molecule has 2 aliphatic rings. The predicted molar refractivity (Wildman–Crippen MR) is 168 cm³/mol. The van der Waals surface area contributed by atoms with Gasteiger partial charge in [-0.2, -0.15) is 36.7 Å². The van der Waals surface area contributed by atoms with Crippen molar-refractivity contribution in [2.75, 3.05) is 20.2 Å². The van der Waals surface area contributed by atoms with Crippen LogP contribution in [0, 0.1) is 13.8 Å². The van der Waals surface area contributed by atoms with Crippen LogP contribution in [0.2, 0.25) is 0 Å². The van der Waals surface area contributed by atoms with Crippen molar-refractivity contribution < 1.29 is 44.9 Å². The normalized spacial score (nSPS) is 21.3. The number of likely N-dealkylation sites (tertiary alicyclic amines) is 1. The second kappa shape index (κ2) is 14.6. The van der Waals surface area contributed by atoms with Crippen LogP contribution in [-0.4, -0.2) is 41.5 Å². The Kier molecular flexibility index (Phi) is 10.7. The number of aryl methyl sites for hydroxylation is 2. The number of ether oxygens (including phenoxy) is 1. The molecule has 2 fully saturated rings. The van der Waals surface area contributed by atoms with Crippen molar-refractivity contribution in [1.82, 2.24) is 20.5 Å². The Labute approximate surface area is 281 Å². The molecule has 4 aromatic rings. The third-order valence-electron chi connectivity index (χ3n) is 9.20. The third-order valence-corrected chi connectivity index (χ3v) is 9.20. The van der Waals surface area contributed by atoms with Gasteiger partial charge in [-0.3, -0.25) is 9.59 Å². The predicted octanol–water partition coefficient (Wildman–Crippen LogP) is 7.49. The molecule has 2 aromatic carbocycles. The first-order valence-corrected chi connectivity index (χ1v) is 15.9. The van der Waals surface area contributed by atoms with Crippen molar-refractivity contribution in [2.45, 2.75) is 75.8 Å². The van der Waals surface area contributed by atoms with Crippen molar-refractivity contribution >= 4 is 6.09 Å². The Hall–Kier alpha value is -4.73. The minimum atomic E-state index is -4.44. The zero-order chi connectivity index (χ0) is 36.4. The molecule has 2 saturated heterocycles. The standard InChI is InChI=1S/C18H19F3N2O4.C16H17F3N2O2/c1-10-7-11(3-4-13(10)18(19,20)21)14-8-12(15-9-16(24)22-27-15)5-6-23(14)17(25)26-2;1-9-6-10(2-3-12(9)16(17,18)19)13-7-11(4-5-20-13)14-8-15(22)21-23-14/h3-4,7,9,12,14H,5-6,8H2,1-2H3,(H,22,24);2-3,6,8,11,13,20H,4-5,7H2,1H3,(H,21,22)/t12-,14+;11-,13+/m11/s1. The maximum Gasteiger partial charge on any atom is 0.416 e. The van der Waals surface area contributed by atoms with Gasteiger partial charge >= 0.3 is 18.4 Å². The van der Waals surface area contributed by atoms with Crippen molar-refractivity contribution in [3.8, 4) is 0 Å². The van der Waals surface area contributed by atoms with Crippen LogP contribution in [0.15, 0.2) is 67.2 Å². The quantitative estimate of drug-likeness (QED) is 0.187. The maximum absolute atomic E-state index is 13.0. The van der Waals surface area contributed by atoms with Gasteiger partial charge in [-0.15, -0.1) is 0 Å². The smallest absolute Gasteiger partial charge is 0.416 e. The number of nitrogens with one attached hydrogen (secondary N) is 3. The molecule has 50 heavy (non-hydrogen) atoms. The number of benzene rings is 2. The Morgan fingerprint density at radius 1 is 0.780 bits per heavy atom. The number of methoxy groups -OCH3 is 1. The number of carbonyl (C=O) groups excluding carboxylic acids is 1. The van der Waals surface area contributed by atoms with Gasteiger partial charge in [0.15, 0.2) is 0 Å². The highest BCUT2D eigenvalue weighted by Gasteiger charge is 2.38. The van der Waals surface area contributed by atoms with E-state index < -0.39 is 35.6 Å². The van der Waals surface area contributed by atoms with Crippen molar-refractivity contribution in [1.29, 1.82) is 0 Å². The van der Waals surface area contributed by atoms with Crippen molar-refractivity contribution in [3.63, 3.8) is 0 Å². The summed E-state index contributed by atoms with van der Waals surface area (Å²) < 4.78 is 92.8. The molecule has 2 aliphatic heterocycles. The van der Waals surface area contributed by atoms with E-state index in [-0.39, 0.29) is 40.1 Å². The lowest BCUT2D eigenvalue weighted by Gasteiger charge is -2.38. The molecule has 4 heterocycles. The summed E-state index contributed by atoms with van der Waals surface area (Å²) >= 11 is 0. The molecule has 0 unspecified atom stereocenters. The highest BCUT2D eigenvalue weighted by atomic mass is 19.4. The van der Waals surface area contributed by atoms with Gasteiger partial charge in [-0.25, -0.2) is 4.79 Å². The highest BCUT2D eigenvalue weighted by Crippen LogP contribution is 2.41. The molecule has 0 aliphatic carbocycles. The molecule has 0 saturated carbocycles. The van der Waals surface area contributed by atoms with Crippen LogP contribution in [-0.2, 0) is 17.1 Å². The molecule has 0 bridgehead atoms. The topological polar surface area (TPSA) is 134 Å². The zero-order valence-corrected chi connectivity index (χ0v) is 27.3. The van der Waals surface area contributed by atoms with Gasteiger partial charge in [-0.05, 0) is 80.5 Å². The molecule has 270 valence electrons. The average molecular weight is 711 g/mol. The number of nitrogens with zero attached hydrogens (tertiary/aromatic N) is 1. The van der Waals surface area contributed by atoms with Gasteiger partial charge in [-0.1, -0.05) is 24.3 Å². The molecule has 6 rings (SSSR count). The second-order valence-corrected chi connectivity index (χ2v) is 12.5. The summed E-state index contributed by atoms with van der Waals surface area (Å²) in [5.74, 6) is 1.00.